The molecule has 1 aromatic carbocycles. The van der Waals surface area contributed by atoms with E-state index < -0.39 is 0 Å². The molecular weight excluding hydrogens is 268 g/mol. The molecule has 1 rings (SSSR count). The second kappa shape index (κ2) is 8.69. The van der Waals surface area contributed by atoms with E-state index in [2.05, 4.69) is 66.6 Å². The molecule has 22 heavy (non-hydrogen) atoms. The second-order valence-electron chi connectivity index (χ2n) is 8.76. The van der Waals surface area contributed by atoms with E-state index in [0.717, 1.165) is 8.97 Å². The Balaban J connectivity index is 2.30. The van der Waals surface area contributed by atoms with Crippen LogP contribution in [-0.2, 0) is 12.8 Å². The minimum absolute atomic E-state index is 1.08. The summed E-state index contributed by atoms with van der Waals surface area (Å²) in [6, 6.07) is 9.26. The van der Waals surface area contributed by atoms with E-state index in [4.69, 9.17) is 0 Å². The number of unbranched alkanes of at least 4 members (excludes halogenated alkanes) is 2. The molecule has 0 fully saturated rings. The fourth-order valence-corrected chi connectivity index (χ4v) is 2.77. The van der Waals surface area contributed by atoms with E-state index in [1.165, 1.54) is 62.7 Å². The minimum Gasteiger partial charge on any atom is -0.331 e. The van der Waals surface area contributed by atoms with Gasteiger partial charge >= 0.3 is 0 Å². The van der Waals surface area contributed by atoms with Crippen LogP contribution in [0.4, 0.5) is 0 Å². The summed E-state index contributed by atoms with van der Waals surface area (Å²) in [5.74, 6) is 0. The Labute approximate surface area is 138 Å². The number of aryl methyl sites for hydroxylation is 2. The van der Waals surface area contributed by atoms with Gasteiger partial charge in [0.15, 0.2) is 0 Å². The Morgan fingerprint density at radius 3 is 1.41 bits per heavy atom. The van der Waals surface area contributed by atoms with E-state index in [0.29, 0.717) is 0 Å². The third kappa shape index (κ3) is 9.97. The summed E-state index contributed by atoms with van der Waals surface area (Å²) in [5.41, 5.74) is 3.04. The van der Waals surface area contributed by atoms with Gasteiger partial charge in [-0.25, -0.2) is 0 Å². The first-order valence-corrected chi connectivity index (χ1v) is 8.84. The molecule has 0 bridgehead atoms. The number of benzene rings is 1. The van der Waals surface area contributed by atoms with Gasteiger partial charge in [-0.05, 0) is 49.7 Å². The monoisotopic (exact) mass is 306 g/mol. The molecule has 0 radical (unpaired) electrons. The lowest BCUT2D eigenvalue weighted by Crippen LogP contribution is -2.35. The van der Waals surface area contributed by atoms with Gasteiger partial charge in [0.25, 0.3) is 0 Å². The van der Waals surface area contributed by atoms with E-state index in [1.54, 1.807) is 0 Å². The molecule has 0 saturated carbocycles. The van der Waals surface area contributed by atoms with Crippen molar-refractivity contribution in [3.05, 3.63) is 35.4 Å². The molecule has 0 aromatic heterocycles. The summed E-state index contributed by atoms with van der Waals surface area (Å²) in [4.78, 5) is 0. The molecule has 0 atom stereocenters. The number of quaternary nitrogens is 2. The lowest BCUT2D eigenvalue weighted by atomic mass is 10.0. The van der Waals surface area contributed by atoms with Crippen molar-refractivity contribution in [1.82, 2.24) is 0 Å². The molecule has 2 nitrogen and oxygen atoms in total. The zero-order valence-electron chi connectivity index (χ0n) is 15.9. The van der Waals surface area contributed by atoms with Gasteiger partial charge in [0.1, 0.15) is 0 Å². The van der Waals surface area contributed by atoms with Gasteiger partial charge in [-0.2, -0.15) is 0 Å². The minimum atomic E-state index is 1.08. The van der Waals surface area contributed by atoms with E-state index in [-0.39, 0.29) is 0 Å². The lowest BCUT2D eigenvalue weighted by molar-refractivity contribution is -0.870. The molecule has 126 valence electrons. The van der Waals surface area contributed by atoms with Gasteiger partial charge < -0.3 is 8.97 Å². The summed E-state index contributed by atoms with van der Waals surface area (Å²) < 4.78 is 2.15. The molecule has 1 aromatic rings. The van der Waals surface area contributed by atoms with Crippen LogP contribution in [0.25, 0.3) is 0 Å². The SMILES string of the molecule is C[N+](C)(C)CCCCc1cccc(CCCC[N+](C)(C)C)c1. The largest absolute Gasteiger partial charge is 0.331 e. The zero-order valence-corrected chi connectivity index (χ0v) is 15.9. The maximum absolute atomic E-state index is 2.43. The van der Waals surface area contributed by atoms with Crippen LogP contribution in [0.5, 0.6) is 0 Å². The average Bonchev–Trinajstić information content (AvgIpc) is 2.38. The van der Waals surface area contributed by atoms with Crippen LogP contribution in [0, 0.1) is 0 Å². The molecule has 0 spiro atoms. The highest BCUT2D eigenvalue weighted by Crippen LogP contribution is 2.12. The number of nitrogens with zero attached hydrogens (tertiary/aromatic N) is 2. The molecular formula is C20H38N2+2. The molecule has 0 saturated heterocycles. The van der Waals surface area contributed by atoms with Crippen LogP contribution in [-0.4, -0.2) is 64.3 Å². The topological polar surface area (TPSA) is 0 Å². The van der Waals surface area contributed by atoms with Crippen molar-refractivity contribution < 1.29 is 8.97 Å². The summed E-state index contributed by atoms with van der Waals surface area (Å²) in [6.45, 7) is 2.54. The van der Waals surface area contributed by atoms with Crippen molar-refractivity contribution >= 4 is 0 Å². The normalized spacial score (nSPS) is 12.6. The molecule has 0 aliphatic heterocycles. The quantitative estimate of drug-likeness (QED) is 0.456. The van der Waals surface area contributed by atoms with Crippen molar-refractivity contribution in [3.8, 4) is 0 Å². The first-order chi connectivity index (χ1) is 10.2. The molecule has 0 N–H and O–H groups in total. The standard InChI is InChI=1S/C20H38N2/c1-21(2,3)16-9-7-12-19-14-11-15-20(18-19)13-8-10-17-22(4,5)6/h11,14-15,18H,7-10,12-13,16-17H2,1-6H3/q+2. The number of hydrogen-bond donors (Lipinski definition) is 0. The summed E-state index contributed by atoms with van der Waals surface area (Å²) in [7, 11) is 13.6. The molecule has 0 unspecified atom stereocenters. The highest BCUT2D eigenvalue weighted by molar-refractivity contribution is 5.23. The highest BCUT2D eigenvalue weighted by atomic mass is 15.3. The maximum Gasteiger partial charge on any atom is 0.0780 e. The van der Waals surface area contributed by atoms with Crippen LogP contribution in [0.1, 0.15) is 36.8 Å². The Morgan fingerprint density at radius 1 is 0.636 bits per heavy atom. The van der Waals surface area contributed by atoms with Crippen LogP contribution < -0.4 is 0 Å². The maximum atomic E-state index is 2.43. The highest BCUT2D eigenvalue weighted by Gasteiger charge is 2.07. The van der Waals surface area contributed by atoms with Gasteiger partial charge in [-0.3, -0.25) is 0 Å². The summed E-state index contributed by atoms with van der Waals surface area (Å²) in [6.07, 6.45) is 7.70. The van der Waals surface area contributed by atoms with Crippen LogP contribution in [0.2, 0.25) is 0 Å². The van der Waals surface area contributed by atoms with Crippen LogP contribution in [0.15, 0.2) is 24.3 Å². The first-order valence-electron chi connectivity index (χ1n) is 8.84. The van der Waals surface area contributed by atoms with Crippen molar-refractivity contribution in [3.63, 3.8) is 0 Å². The number of hydrogen-bond acceptors (Lipinski definition) is 0. The van der Waals surface area contributed by atoms with Crippen LogP contribution in [0.3, 0.4) is 0 Å². The molecule has 2 heteroatoms. The zero-order chi connectivity index (χ0) is 16.6. The fraction of sp³-hybridized carbons (Fsp3) is 0.700. The average molecular weight is 307 g/mol. The Kier molecular flexibility index (Phi) is 7.58. The van der Waals surface area contributed by atoms with Gasteiger partial charge in [-0.1, -0.05) is 24.3 Å². The summed E-state index contributed by atoms with van der Waals surface area (Å²) in [5, 5.41) is 0. The van der Waals surface area contributed by atoms with E-state index in [9.17, 15) is 0 Å². The van der Waals surface area contributed by atoms with Crippen molar-refractivity contribution in [2.45, 2.75) is 38.5 Å². The van der Waals surface area contributed by atoms with Gasteiger partial charge in [-0.15, -0.1) is 0 Å². The molecule has 0 heterocycles. The second-order valence-corrected chi connectivity index (χ2v) is 8.76. The van der Waals surface area contributed by atoms with Gasteiger partial charge in [0.2, 0.25) is 0 Å². The third-order valence-corrected chi connectivity index (χ3v) is 4.08. The fourth-order valence-electron chi connectivity index (χ4n) is 2.77. The number of rotatable bonds is 10. The van der Waals surface area contributed by atoms with Crippen molar-refractivity contribution in [2.24, 2.45) is 0 Å². The predicted octanol–water partition coefficient (Wildman–Crippen LogP) is 3.74. The lowest BCUT2D eigenvalue weighted by Gasteiger charge is -2.23. The van der Waals surface area contributed by atoms with Gasteiger partial charge in [0, 0.05) is 0 Å². The van der Waals surface area contributed by atoms with Crippen molar-refractivity contribution in [1.29, 1.82) is 0 Å². The van der Waals surface area contributed by atoms with Gasteiger partial charge in [0.05, 0.1) is 55.4 Å². The smallest absolute Gasteiger partial charge is 0.0780 e. The Morgan fingerprint density at radius 2 is 1.05 bits per heavy atom. The van der Waals surface area contributed by atoms with E-state index in [1.807, 2.05) is 0 Å². The summed E-state index contributed by atoms with van der Waals surface area (Å²) >= 11 is 0. The molecule has 0 aliphatic carbocycles. The Bertz CT molecular complexity index is 387. The van der Waals surface area contributed by atoms with Crippen LogP contribution >= 0.6 is 0 Å². The van der Waals surface area contributed by atoms with E-state index >= 15 is 0 Å². The predicted molar refractivity (Wildman–Crippen MR) is 98.1 cm³/mol. The molecule has 0 aliphatic rings. The Hall–Kier alpha value is -0.860. The first kappa shape index (κ1) is 19.2. The third-order valence-electron chi connectivity index (χ3n) is 4.08. The molecule has 0 amide bonds. The van der Waals surface area contributed by atoms with Crippen molar-refractivity contribution in [2.75, 3.05) is 55.4 Å².